The molecule has 0 heterocycles. The number of hydrogen-bond donors (Lipinski definition) is 1. The molecule has 4 aliphatic carbocycles. The van der Waals surface area contributed by atoms with Crippen LogP contribution in [0.5, 0.6) is 0 Å². The summed E-state index contributed by atoms with van der Waals surface area (Å²) in [5, 5.41) is 11.9. The molecule has 4 rings (SSSR count). The van der Waals surface area contributed by atoms with Gasteiger partial charge in [-0.3, -0.25) is 14.4 Å². The van der Waals surface area contributed by atoms with Gasteiger partial charge in [-0.2, -0.15) is 0 Å². The van der Waals surface area contributed by atoms with Gasteiger partial charge >= 0.3 is 5.97 Å². The van der Waals surface area contributed by atoms with Crippen LogP contribution in [-0.2, 0) is 28.6 Å². The molecule has 1 N–H and O–H groups in total. The van der Waals surface area contributed by atoms with Crippen molar-refractivity contribution in [3.05, 3.63) is 23.8 Å². The van der Waals surface area contributed by atoms with Crippen molar-refractivity contribution in [3.8, 4) is 0 Å². The maximum atomic E-state index is 13.9. The molecule has 0 amide bonds. The first-order valence-corrected chi connectivity index (χ1v) is 13.8. The summed E-state index contributed by atoms with van der Waals surface area (Å²) in [6, 6.07) is 0. The molecule has 3 unspecified atom stereocenters. The van der Waals surface area contributed by atoms with E-state index in [0.717, 1.165) is 18.4 Å². The summed E-state index contributed by atoms with van der Waals surface area (Å²) < 4.78 is 16.4. The first-order chi connectivity index (χ1) is 16.8. The van der Waals surface area contributed by atoms with Crippen molar-refractivity contribution in [3.63, 3.8) is 0 Å². The van der Waals surface area contributed by atoms with E-state index in [2.05, 4.69) is 29.8 Å². The predicted octanol–water partition coefficient (Wildman–Crippen LogP) is 4.16. The summed E-state index contributed by atoms with van der Waals surface area (Å²) in [6.45, 7) is 11.5. The molecule has 0 aromatic carbocycles. The molecule has 9 atom stereocenters. The third-order valence-electron chi connectivity index (χ3n) is 9.90. The second-order valence-electron chi connectivity index (χ2n) is 11.6. The zero-order valence-electron chi connectivity index (χ0n) is 22.1. The molecule has 0 aliphatic heterocycles. The second kappa shape index (κ2) is 9.44. The van der Waals surface area contributed by atoms with Gasteiger partial charge in [-0.05, 0) is 62.0 Å². The van der Waals surface area contributed by atoms with E-state index in [1.54, 1.807) is 12.2 Å². The van der Waals surface area contributed by atoms with Crippen LogP contribution >= 0.6 is 15.9 Å². The lowest BCUT2D eigenvalue weighted by atomic mass is 9.44. The normalized spacial score (nSPS) is 45.4. The fourth-order valence-corrected chi connectivity index (χ4v) is 9.42. The number of hydrogen-bond acceptors (Lipinski definition) is 7. The number of Topliss-reactive ketones (excluding diaryl/α,β-unsaturated/α-hetero) is 1. The van der Waals surface area contributed by atoms with Crippen LogP contribution in [0.3, 0.4) is 0 Å². The van der Waals surface area contributed by atoms with Crippen LogP contribution in [0.4, 0.5) is 0 Å². The number of ether oxygens (including phenoxy) is 3. The van der Waals surface area contributed by atoms with Crippen LogP contribution in [0.2, 0.25) is 0 Å². The van der Waals surface area contributed by atoms with E-state index in [1.807, 2.05) is 26.8 Å². The van der Waals surface area contributed by atoms with E-state index in [4.69, 9.17) is 14.2 Å². The van der Waals surface area contributed by atoms with Gasteiger partial charge in [0.25, 0.3) is 0 Å². The number of aliphatic hydroxyl groups excluding tert-OH is 1. The minimum atomic E-state index is -1.27. The van der Waals surface area contributed by atoms with Crippen molar-refractivity contribution in [2.45, 2.75) is 76.8 Å². The van der Waals surface area contributed by atoms with Crippen LogP contribution in [-0.4, -0.2) is 58.7 Å². The molecule has 4 aliphatic rings. The van der Waals surface area contributed by atoms with Gasteiger partial charge in [0.1, 0.15) is 12.4 Å². The Hall–Kier alpha value is -1.35. The maximum absolute atomic E-state index is 13.9. The molecule has 200 valence electrons. The molecule has 0 aromatic heterocycles. The molecule has 0 radical (unpaired) electrons. The summed E-state index contributed by atoms with van der Waals surface area (Å²) in [4.78, 5) is 37.7. The lowest BCUT2D eigenvalue weighted by Crippen LogP contribution is -2.70. The highest BCUT2D eigenvalue weighted by Crippen LogP contribution is 2.73. The molecule has 3 fully saturated rings. The van der Waals surface area contributed by atoms with E-state index in [0.29, 0.717) is 13.0 Å². The molecule has 0 spiro atoms. The Labute approximate surface area is 222 Å². The van der Waals surface area contributed by atoms with Crippen molar-refractivity contribution in [2.75, 3.05) is 20.0 Å². The topological polar surface area (TPSA) is 99.1 Å². The first-order valence-electron chi connectivity index (χ1n) is 13.0. The minimum absolute atomic E-state index is 0.0165. The number of fused-ring (bicyclic) bond motifs is 5. The van der Waals surface area contributed by atoms with Gasteiger partial charge in [0.2, 0.25) is 5.78 Å². The van der Waals surface area contributed by atoms with Gasteiger partial charge in [-0.15, -0.1) is 0 Å². The predicted molar refractivity (Wildman–Crippen MR) is 137 cm³/mol. The summed E-state index contributed by atoms with van der Waals surface area (Å²) in [5.74, 6) is -0.809. The van der Waals surface area contributed by atoms with Crippen molar-refractivity contribution in [2.24, 2.45) is 34.5 Å². The van der Waals surface area contributed by atoms with Crippen molar-refractivity contribution in [1.82, 2.24) is 0 Å². The summed E-state index contributed by atoms with van der Waals surface area (Å²) in [7, 11) is 0. The Morgan fingerprint density at radius 2 is 1.89 bits per heavy atom. The lowest BCUT2D eigenvalue weighted by Gasteiger charge is -2.65. The molecule has 3 saturated carbocycles. The third kappa shape index (κ3) is 3.65. The Kier molecular flexibility index (Phi) is 7.26. The van der Waals surface area contributed by atoms with Gasteiger partial charge in [-0.25, -0.2) is 0 Å². The number of allylic oxidation sites excluding steroid dienone is 4. The van der Waals surface area contributed by atoms with Gasteiger partial charge in [0, 0.05) is 24.4 Å². The Morgan fingerprint density at radius 1 is 1.19 bits per heavy atom. The van der Waals surface area contributed by atoms with Crippen molar-refractivity contribution < 1.29 is 33.7 Å². The number of halogens is 1. The summed E-state index contributed by atoms with van der Waals surface area (Å²) in [6.07, 6.45) is 6.31. The molecular formula is C28H39BrO7. The average Bonchev–Trinajstić information content (AvgIpc) is 3.03. The van der Waals surface area contributed by atoms with Crippen LogP contribution in [0.1, 0.15) is 60.8 Å². The largest absolute Gasteiger partial charge is 0.458 e. The standard InChI is InChI=1S/C28H39BrO7/c1-7-34-15-36-28(24(33)14-35-18(4)30)17(3)11-21-22-10-16(2)20-12-19(31)8-9-25(20,5)27(22,29)23(32)13-26(21,28)6/h8-9,12,16-17,21-23,32H,7,10-11,13-15H2,1-6H3/t16?,17?,21-,22-,23?,25-,26-,27-,28-/m0/s1. The molecule has 8 heteroatoms. The fraction of sp³-hybridized carbons (Fsp3) is 0.750. The fourth-order valence-electron chi connectivity index (χ4n) is 8.39. The molecule has 36 heavy (non-hydrogen) atoms. The number of alkyl halides is 1. The number of ketones is 2. The Morgan fingerprint density at radius 3 is 2.53 bits per heavy atom. The first kappa shape index (κ1) is 27.7. The smallest absolute Gasteiger partial charge is 0.303 e. The second-order valence-corrected chi connectivity index (χ2v) is 12.9. The quantitative estimate of drug-likeness (QED) is 0.214. The van der Waals surface area contributed by atoms with E-state index >= 15 is 0 Å². The number of rotatable bonds is 7. The molecule has 0 aromatic rings. The lowest BCUT2D eigenvalue weighted by molar-refractivity contribution is -0.222. The van der Waals surface area contributed by atoms with E-state index in [1.165, 1.54) is 6.92 Å². The van der Waals surface area contributed by atoms with E-state index < -0.39 is 32.8 Å². The monoisotopic (exact) mass is 566 g/mol. The van der Waals surface area contributed by atoms with Gasteiger partial charge < -0.3 is 19.3 Å². The minimum Gasteiger partial charge on any atom is -0.458 e. The van der Waals surface area contributed by atoms with Crippen LogP contribution < -0.4 is 0 Å². The van der Waals surface area contributed by atoms with Crippen LogP contribution in [0, 0.1) is 34.5 Å². The average molecular weight is 568 g/mol. The molecule has 0 bridgehead atoms. The highest BCUT2D eigenvalue weighted by atomic mass is 79.9. The maximum Gasteiger partial charge on any atom is 0.303 e. The van der Waals surface area contributed by atoms with Crippen LogP contribution in [0.25, 0.3) is 0 Å². The number of aliphatic hydroxyl groups is 1. The molecular weight excluding hydrogens is 528 g/mol. The highest BCUT2D eigenvalue weighted by molar-refractivity contribution is 9.10. The van der Waals surface area contributed by atoms with Crippen molar-refractivity contribution >= 4 is 33.5 Å². The van der Waals surface area contributed by atoms with E-state index in [9.17, 15) is 19.5 Å². The summed E-state index contributed by atoms with van der Waals surface area (Å²) >= 11 is 4.08. The number of carbonyl (C=O) groups excluding carboxylic acids is 3. The number of esters is 1. The zero-order chi connectivity index (χ0) is 26.7. The summed E-state index contributed by atoms with van der Waals surface area (Å²) in [5.41, 5.74) is -1.49. The van der Waals surface area contributed by atoms with Gasteiger partial charge in [0.15, 0.2) is 12.4 Å². The van der Waals surface area contributed by atoms with Crippen LogP contribution in [0.15, 0.2) is 23.8 Å². The number of carbonyl (C=O) groups is 3. The highest BCUT2D eigenvalue weighted by Gasteiger charge is 2.75. The third-order valence-corrected chi connectivity index (χ3v) is 11.8. The van der Waals surface area contributed by atoms with Crippen molar-refractivity contribution in [1.29, 1.82) is 0 Å². The molecule has 7 nitrogen and oxygen atoms in total. The van der Waals surface area contributed by atoms with Gasteiger partial charge in [0.05, 0.1) is 10.4 Å². The Bertz CT molecular complexity index is 1010. The molecule has 0 saturated heterocycles. The zero-order valence-corrected chi connectivity index (χ0v) is 23.7. The SMILES string of the molecule is CCOCO[C@]1(C(=O)COC(C)=O)C(C)C[C@H]2[C@@H]3CC(C)C4=CC(=O)C=C[C@]4(C)[C@@]3(Br)C(O)C[C@@]21C. The van der Waals surface area contributed by atoms with Gasteiger partial charge in [-0.1, -0.05) is 55.3 Å². The Balaban J connectivity index is 1.81. The van der Waals surface area contributed by atoms with E-state index in [-0.39, 0.29) is 48.6 Å².